The number of hydrogen-bond donors (Lipinski definition) is 1. The van der Waals surface area contributed by atoms with E-state index in [1.165, 1.54) is 35.2 Å². The maximum absolute atomic E-state index is 3.55. The van der Waals surface area contributed by atoms with Crippen LogP contribution >= 0.6 is 0 Å². The number of nitrogens with one attached hydrogen (secondary N) is 1. The first-order valence-electron chi connectivity index (χ1n) is 7.11. The first-order valence-corrected chi connectivity index (χ1v) is 7.11. The maximum atomic E-state index is 3.55. The van der Waals surface area contributed by atoms with Crippen molar-refractivity contribution in [2.45, 2.75) is 65.2 Å². The minimum absolute atomic E-state index is 0.205. The highest BCUT2D eigenvalue weighted by molar-refractivity contribution is 5.59. The van der Waals surface area contributed by atoms with Gasteiger partial charge in [0.1, 0.15) is 0 Å². The second-order valence-corrected chi connectivity index (χ2v) is 7.59. The van der Waals surface area contributed by atoms with E-state index in [0.717, 1.165) is 6.54 Å². The molecule has 2 rings (SSSR count). The Balaban J connectivity index is 2.63. The van der Waals surface area contributed by atoms with Gasteiger partial charge in [-0.15, -0.1) is 0 Å². The monoisotopic (exact) mass is 245 g/mol. The van der Waals surface area contributed by atoms with Gasteiger partial charge in [0, 0.05) is 12.2 Å². The van der Waals surface area contributed by atoms with Crippen molar-refractivity contribution in [3.63, 3.8) is 0 Å². The van der Waals surface area contributed by atoms with Crippen molar-refractivity contribution in [2.75, 3.05) is 11.9 Å². The third-order valence-corrected chi connectivity index (χ3v) is 3.80. The van der Waals surface area contributed by atoms with Crippen molar-refractivity contribution in [1.29, 1.82) is 0 Å². The van der Waals surface area contributed by atoms with Crippen molar-refractivity contribution < 1.29 is 0 Å². The van der Waals surface area contributed by atoms with Gasteiger partial charge in [-0.2, -0.15) is 0 Å². The first-order chi connectivity index (χ1) is 8.19. The third kappa shape index (κ3) is 2.55. The van der Waals surface area contributed by atoms with Crippen molar-refractivity contribution >= 4 is 5.69 Å². The Morgan fingerprint density at radius 3 is 2.00 bits per heavy atom. The van der Waals surface area contributed by atoms with E-state index in [1.54, 1.807) is 0 Å². The van der Waals surface area contributed by atoms with Crippen LogP contribution in [0.5, 0.6) is 0 Å². The molecule has 1 N–H and O–H groups in total. The molecule has 0 fully saturated rings. The zero-order valence-electron chi connectivity index (χ0n) is 12.8. The minimum atomic E-state index is 0.205. The summed E-state index contributed by atoms with van der Waals surface area (Å²) in [6, 6.07) is 4.84. The van der Waals surface area contributed by atoms with Gasteiger partial charge < -0.3 is 5.32 Å². The fourth-order valence-corrected chi connectivity index (χ4v) is 2.76. The average molecular weight is 245 g/mol. The minimum Gasteiger partial charge on any atom is -0.385 e. The van der Waals surface area contributed by atoms with Gasteiger partial charge >= 0.3 is 0 Å². The van der Waals surface area contributed by atoms with Gasteiger partial charge in [0.2, 0.25) is 0 Å². The molecule has 0 unspecified atom stereocenters. The molecular weight excluding hydrogens is 218 g/mol. The van der Waals surface area contributed by atoms with Gasteiger partial charge in [-0.1, -0.05) is 47.6 Å². The summed E-state index contributed by atoms with van der Waals surface area (Å²) in [6.07, 6.45) is 2.47. The zero-order chi connectivity index (χ0) is 13.6. The highest BCUT2D eigenvalue weighted by Gasteiger charge is 2.27. The molecule has 1 aromatic carbocycles. The lowest BCUT2D eigenvalue weighted by molar-refractivity contribution is 0.529. The number of benzene rings is 1. The summed E-state index contributed by atoms with van der Waals surface area (Å²) in [4.78, 5) is 0. The van der Waals surface area contributed by atoms with E-state index >= 15 is 0 Å². The van der Waals surface area contributed by atoms with E-state index in [2.05, 4.69) is 59.0 Å². The smallest absolute Gasteiger partial charge is 0.0375 e. The third-order valence-electron chi connectivity index (χ3n) is 3.80. The number of hydrogen-bond acceptors (Lipinski definition) is 1. The summed E-state index contributed by atoms with van der Waals surface area (Å²) >= 11 is 0. The van der Waals surface area contributed by atoms with Gasteiger partial charge in [-0.05, 0) is 46.4 Å². The molecule has 1 heteroatoms. The number of anilines is 1. The van der Waals surface area contributed by atoms with E-state index < -0.39 is 0 Å². The van der Waals surface area contributed by atoms with Crippen LogP contribution in [0.2, 0.25) is 0 Å². The van der Waals surface area contributed by atoms with Crippen LogP contribution in [-0.4, -0.2) is 6.54 Å². The Morgan fingerprint density at radius 2 is 1.44 bits per heavy atom. The SMILES string of the molecule is CC(C)(C)c1cc2c(cc1C(C)(C)C)NCCC2. The van der Waals surface area contributed by atoms with Crippen molar-refractivity contribution in [1.82, 2.24) is 0 Å². The van der Waals surface area contributed by atoms with Crippen LogP contribution in [0.1, 0.15) is 64.7 Å². The van der Waals surface area contributed by atoms with E-state index in [-0.39, 0.29) is 10.8 Å². The molecule has 0 aromatic heterocycles. The van der Waals surface area contributed by atoms with Crippen LogP contribution < -0.4 is 5.32 Å². The molecule has 1 nitrogen and oxygen atoms in total. The molecule has 0 spiro atoms. The van der Waals surface area contributed by atoms with E-state index in [0.29, 0.717) is 0 Å². The summed E-state index contributed by atoms with van der Waals surface area (Å²) in [5.41, 5.74) is 6.28. The number of aryl methyl sites for hydroxylation is 1. The molecule has 0 amide bonds. The van der Waals surface area contributed by atoms with Crippen LogP contribution in [0.15, 0.2) is 12.1 Å². The van der Waals surface area contributed by atoms with Crippen LogP contribution in [0.25, 0.3) is 0 Å². The summed E-state index contributed by atoms with van der Waals surface area (Å²) in [6.45, 7) is 15.0. The first kappa shape index (κ1) is 13.5. The Morgan fingerprint density at radius 1 is 0.889 bits per heavy atom. The molecule has 0 atom stereocenters. The van der Waals surface area contributed by atoms with Crippen molar-refractivity contribution in [3.8, 4) is 0 Å². The number of fused-ring (bicyclic) bond motifs is 1. The predicted octanol–water partition coefficient (Wildman–Crippen LogP) is 4.64. The fourth-order valence-electron chi connectivity index (χ4n) is 2.76. The van der Waals surface area contributed by atoms with E-state index in [9.17, 15) is 0 Å². The Kier molecular flexibility index (Phi) is 3.21. The average Bonchev–Trinajstić information content (AvgIpc) is 2.25. The van der Waals surface area contributed by atoms with Gasteiger partial charge in [0.15, 0.2) is 0 Å². The van der Waals surface area contributed by atoms with Crippen LogP contribution in [0.4, 0.5) is 5.69 Å². The van der Waals surface area contributed by atoms with Crippen LogP contribution in [-0.2, 0) is 17.3 Å². The molecule has 0 aliphatic carbocycles. The molecule has 1 aromatic rings. The van der Waals surface area contributed by atoms with Crippen LogP contribution in [0.3, 0.4) is 0 Å². The lowest BCUT2D eigenvalue weighted by atomic mass is 9.74. The highest BCUT2D eigenvalue weighted by atomic mass is 14.9. The van der Waals surface area contributed by atoms with Crippen LogP contribution in [0, 0.1) is 0 Å². The zero-order valence-corrected chi connectivity index (χ0v) is 12.8. The highest BCUT2D eigenvalue weighted by Crippen LogP contribution is 2.38. The molecule has 0 saturated heterocycles. The van der Waals surface area contributed by atoms with Gasteiger partial charge in [0.05, 0.1) is 0 Å². The van der Waals surface area contributed by atoms with E-state index in [1.807, 2.05) is 0 Å². The molecule has 0 saturated carbocycles. The molecular formula is C17H27N. The summed E-state index contributed by atoms with van der Waals surface area (Å²) in [7, 11) is 0. The molecule has 1 aliphatic rings. The van der Waals surface area contributed by atoms with Gasteiger partial charge in [0.25, 0.3) is 0 Å². The normalized spacial score (nSPS) is 16.1. The van der Waals surface area contributed by atoms with Crippen molar-refractivity contribution in [2.24, 2.45) is 0 Å². The largest absolute Gasteiger partial charge is 0.385 e. The Labute approximate surface area is 112 Å². The second-order valence-electron chi connectivity index (χ2n) is 7.59. The lowest BCUT2D eigenvalue weighted by Gasteiger charge is -2.33. The quantitative estimate of drug-likeness (QED) is 0.702. The van der Waals surface area contributed by atoms with Crippen molar-refractivity contribution in [3.05, 3.63) is 28.8 Å². The molecule has 0 radical (unpaired) electrons. The topological polar surface area (TPSA) is 12.0 Å². The Bertz CT molecular complexity index is 401. The summed E-state index contributed by atoms with van der Waals surface area (Å²) in [5, 5.41) is 3.55. The molecule has 0 bridgehead atoms. The van der Waals surface area contributed by atoms with E-state index in [4.69, 9.17) is 0 Å². The Hall–Kier alpha value is -0.980. The maximum Gasteiger partial charge on any atom is 0.0375 e. The second kappa shape index (κ2) is 4.29. The molecule has 100 valence electrons. The fraction of sp³-hybridized carbons (Fsp3) is 0.647. The molecule has 1 heterocycles. The standard InChI is InChI=1S/C17H27N/c1-16(2,3)13-10-12-8-7-9-18-15(12)11-14(13)17(4,5)6/h10-11,18H,7-9H2,1-6H3. The van der Waals surface area contributed by atoms with Gasteiger partial charge in [-0.25, -0.2) is 0 Å². The van der Waals surface area contributed by atoms with Gasteiger partial charge in [-0.3, -0.25) is 0 Å². The number of rotatable bonds is 0. The summed E-state index contributed by atoms with van der Waals surface area (Å²) in [5.74, 6) is 0. The predicted molar refractivity (Wildman–Crippen MR) is 80.7 cm³/mol. The summed E-state index contributed by atoms with van der Waals surface area (Å²) < 4.78 is 0. The lowest BCUT2D eigenvalue weighted by Crippen LogP contribution is -2.24. The molecule has 18 heavy (non-hydrogen) atoms. The molecule has 1 aliphatic heterocycles.